The van der Waals surface area contributed by atoms with Gasteiger partial charge < -0.3 is 16.4 Å². The molecular formula is C14H20ClN3O2. The third-order valence-corrected chi connectivity index (χ3v) is 3.34. The molecule has 0 saturated carbocycles. The van der Waals surface area contributed by atoms with E-state index in [1.807, 2.05) is 12.1 Å². The Labute approximate surface area is 124 Å². The van der Waals surface area contributed by atoms with Gasteiger partial charge in [0.2, 0.25) is 11.8 Å². The van der Waals surface area contributed by atoms with Crippen LogP contribution in [0.4, 0.5) is 0 Å². The highest BCUT2D eigenvalue weighted by atomic mass is 35.5. The van der Waals surface area contributed by atoms with E-state index in [2.05, 4.69) is 22.8 Å². The van der Waals surface area contributed by atoms with Crippen LogP contribution in [0.25, 0.3) is 0 Å². The molecule has 0 fully saturated rings. The lowest BCUT2D eigenvalue weighted by atomic mass is 9.88. The summed E-state index contributed by atoms with van der Waals surface area (Å²) in [4.78, 5) is 22.8. The summed E-state index contributed by atoms with van der Waals surface area (Å²) in [6.45, 7) is -0.117. The second-order valence-electron chi connectivity index (χ2n) is 4.69. The fourth-order valence-electron chi connectivity index (χ4n) is 2.40. The zero-order valence-corrected chi connectivity index (χ0v) is 12.0. The van der Waals surface area contributed by atoms with Crippen LogP contribution in [0.5, 0.6) is 0 Å². The van der Waals surface area contributed by atoms with Gasteiger partial charge in [-0.25, -0.2) is 0 Å². The lowest BCUT2D eigenvalue weighted by Crippen LogP contribution is -2.41. The molecule has 6 heteroatoms. The summed E-state index contributed by atoms with van der Waals surface area (Å²) < 4.78 is 0. The number of rotatable bonds is 4. The number of carbonyl (C=O) groups excluding carboxylic acids is 2. The molecule has 0 heterocycles. The number of hydrogen-bond acceptors (Lipinski definition) is 3. The topological polar surface area (TPSA) is 84.2 Å². The Morgan fingerprint density at radius 3 is 2.75 bits per heavy atom. The molecule has 2 rings (SSSR count). The van der Waals surface area contributed by atoms with Crippen LogP contribution in [0.3, 0.4) is 0 Å². The summed E-state index contributed by atoms with van der Waals surface area (Å²) in [7, 11) is 0. The standard InChI is InChI=1S/C14H19N3O2.ClH/c15-8-13(18)16-9-14(19)17-12-7-3-5-10-4-1-2-6-11(10)12;/h1-2,4,6,12H,3,5,7-9,15H2,(H,16,18)(H,17,19);1H. The molecule has 0 aromatic heterocycles. The summed E-state index contributed by atoms with van der Waals surface area (Å²) >= 11 is 0. The van der Waals surface area contributed by atoms with Crippen LogP contribution >= 0.6 is 12.4 Å². The highest BCUT2D eigenvalue weighted by Gasteiger charge is 2.21. The van der Waals surface area contributed by atoms with Gasteiger partial charge in [0, 0.05) is 0 Å². The average Bonchev–Trinajstić information content (AvgIpc) is 2.45. The largest absolute Gasteiger partial charge is 0.348 e. The van der Waals surface area contributed by atoms with Crippen LogP contribution in [0.15, 0.2) is 24.3 Å². The first-order chi connectivity index (χ1) is 9.20. The van der Waals surface area contributed by atoms with Gasteiger partial charge in [0.05, 0.1) is 19.1 Å². The van der Waals surface area contributed by atoms with Gasteiger partial charge in [0.25, 0.3) is 0 Å². The number of aryl methyl sites for hydroxylation is 1. The average molecular weight is 298 g/mol. The predicted molar refractivity (Wildman–Crippen MR) is 79.6 cm³/mol. The summed E-state index contributed by atoms with van der Waals surface area (Å²) in [5, 5.41) is 5.43. The van der Waals surface area contributed by atoms with Gasteiger partial charge in [0.1, 0.15) is 0 Å². The maximum absolute atomic E-state index is 11.8. The van der Waals surface area contributed by atoms with E-state index in [1.165, 1.54) is 11.1 Å². The maximum atomic E-state index is 11.8. The highest BCUT2D eigenvalue weighted by molar-refractivity contribution is 5.86. The van der Waals surface area contributed by atoms with Gasteiger partial charge in [-0.15, -0.1) is 12.4 Å². The monoisotopic (exact) mass is 297 g/mol. The van der Waals surface area contributed by atoms with Gasteiger partial charge in [-0.1, -0.05) is 24.3 Å². The Morgan fingerprint density at radius 1 is 1.25 bits per heavy atom. The molecule has 0 radical (unpaired) electrons. The van der Waals surface area contributed by atoms with Crippen molar-refractivity contribution in [1.29, 1.82) is 0 Å². The highest BCUT2D eigenvalue weighted by Crippen LogP contribution is 2.29. The van der Waals surface area contributed by atoms with Crippen LogP contribution in [0.2, 0.25) is 0 Å². The minimum absolute atomic E-state index is 0. The van der Waals surface area contributed by atoms with E-state index in [-0.39, 0.29) is 43.4 Å². The first-order valence-electron chi connectivity index (χ1n) is 6.54. The molecule has 4 N–H and O–H groups in total. The van der Waals surface area contributed by atoms with Crippen LogP contribution in [-0.2, 0) is 16.0 Å². The SMILES string of the molecule is Cl.NCC(=O)NCC(=O)NC1CCCc2ccccc21. The van der Waals surface area contributed by atoms with Crippen molar-refractivity contribution in [2.24, 2.45) is 5.73 Å². The Morgan fingerprint density at radius 2 is 2.00 bits per heavy atom. The first kappa shape index (κ1) is 16.5. The number of nitrogens with two attached hydrogens (primary N) is 1. The molecule has 1 unspecified atom stereocenters. The second kappa shape index (κ2) is 7.87. The molecule has 1 aliphatic rings. The van der Waals surface area contributed by atoms with Crippen LogP contribution in [0.1, 0.15) is 30.0 Å². The van der Waals surface area contributed by atoms with E-state index >= 15 is 0 Å². The first-order valence-corrected chi connectivity index (χ1v) is 6.54. The van der Waals surface area contributed by atoms with E-state index in [0.717, 1.165) is 19.3 Å². The Bertz CT molecular complexity index is 479. The number of fused-ring (bicyclic) bond motifs is 1. The molecule has 0 saturated heterocycles. The summed E-state index contributed by atoms with van der Waals surface area (Å²) in [5.74, 6) is -0.498. The lowest BCUT2D eigenvalue weighted by molar-refractivity contribution is -0.125. The van der Waals surface area contributed by atoms with Crippen molar-refractivity contribution in [2.45, 2.75) is 25.3 Å². The van der Waals surface area contributed by atoms with Crippen molar-refractivity contribution in [3.63, 3.8) is 0 Å². The predicted octanol–water partition coefficient (Wildman–Crippen LogP) is 0.677. The molecule has 1 aromatic carbocycles. The van der Waals surface area contributed by atoms with E-state index < -0.39 is 0 Å². The van der Waals surface area contributed by atoms with Crippen LogP contribution in [-0.4, -0.2) is 24.9 Å². The van der Waals surface area contributed by atoms with E-state index in [9.17, 15) is 9.59 Å². The molecule has 2 amide bonds. The molecule has 1 atom stereocenters. The number of nitrogens with one attached hydrogen (secondary N) is 2. The third kappa shape index (κ3) is 4.21. The fraction of sp³-hybridized carbons (Fsp3) is 0.429. The summed E-state index contributed by atoms with van der Waals surface area (Å²) in [6.07, 6.45) is 3.07. The zero-order chi connectivity index (χ0) is 13.7. The lowest BCUT2D eigenvalue weighted by Gasteiger charge is -2.26. The minimum Gasteiger partial charge on any atom is -0.348 e. The quantitative estimate of drug-likeness (QED) is 0.764. The number of amides is 2. The van der Waals surface area contributed by atoms with Gasteiger partial charge >= 0.3 is 0 Å². The minimum atomic E-state index is -0.320. The van der Waals surface area contributed by atoms with Crippen molar-refractivity contribution >= 4 is 24.2 Å². The van der Waals surface area contributed by atoms with E-state index in [1.54, 1.807) is 0 Å². The molecule has 1 aliphatic carbocycles. The fourth-order valence-corrected chi connectivity index (χ4v) is 2.40. The smallest absolute Gasteiger partial charge is 0.239 e. The Balaban J connectivity index is 0.00000200. The molecule has 5 nitrogen and oxygen atoms in total. The molecule has 0 spiro atoms. The molecule has 0 aliphatic heterocycles. The summed E-state index contributed by atoms with van der Waals surface area (Å²) in [5.41, 5.74) is 7.65. The Hall–Kier alpha value is -1.59. The number of hydrogen-bond donors (Lipinski definition) is 3. The van der Waals surface area contributed by atoms with Crippen LogP contribution < -0.4 is 16.4 Å². The molecular weight excluding hydrogens is 278 g/mol. The zero-order valence-electron chi connectivity index (χ0n) is 11.2. The van der Waals surface area contributed by atoms with Gasteiger partial charge in [-0.2, -0.15) is 0 Å². The molecule has 1 aromatic rings. The summed E-state index contributed by atoms with van der Waals surface area (Å²) in [6, 6.07) is 8.21. The molecule has 110 valence electrons. The van der Waals surface area contributed by atoms with E-state index in [0.29, 0.717) is 0 Å². The van der Waals surface area contributed by atoms with Crippen molar-refractivity contribution in [1.82, 2.24) is 10.6 Å². The Kier molecular flexibility index (Phi) is 6.48. The number of benzene rings is 1. The van der Waals surface area contributed by atoms with E-state index in [4.69, 9.17) is 5.73 Å². The third-order valence-electron chi connectivity index (χ3n) is 3.34. The number of halogens is 1. The van der Waals surface area contributed by atoms with Gasteiger partial charge in [-0.3, -0.25) is 9.59 Å². The number of carbonyl (C=O) groups is 2. The molecule has 20 heavy (non-hydrogen) atoms. The maximum Gasteiger partial charge on any atom is 0.239 e. The van der Waals surface area contributed by atoms with Crippen molar-refractivity contribution in [3.05, 3.63) is 35.4 Å². The van der Waals surface area contributed by atoms with Crippen molar-refractivity contribution in [2.75, 3.05) is 13.1 Å². The van der Waals surface area contributed by atoms with Gasteiger partial charge in [0.15, 0.2) is 0 Å². The molecule has 0 bridgehead atoms. The van der Waals surface area contributed by atoms with Gasteiger partial charge in [-0.05, 0) is 30.4 Å². The van der Waals surface area contributed by atoms with Crippen molar-refractivity contribution in [3.8, 4) is 0 Å². The van der Waals surface area contributed by atoms with Crippen LogP contribution in [0, 0.1) is 0 Å². The second-order valence-corrected chi connectivity index (χ2v) is 4.69. The normalized spacial score (nSPS) is 16.6. The van der Waals surface area contributed by atoms with Crippen molar-refractivity contribution < 1.29 is 9.59 Å².